The SMILES string of the molecule is Cn1ccnc1C(O)C(=O)C(C)(C)C. The number of carbonyl (C=O) groups excluding carboxylic acids is 1. The quantitative estimate of drug-likeness (QED) is 0.769. The molecule has 1 heterocycles. The molecule has 0 bridgehead atoms. The van der Waals surface area contributed by atoms with Crippen LogP contribution in [0, 0.1) is 5.41 Å². The van der Waals surface area contributed by atoms with Gasteiger partial charge in [0.05, 0.1) is 0 Å². The van der Waals surface area contributed by atoms with Crippen LogP contribution in [0.5, 0.6) is 0 Å². The van der Waals surface area contributed by atoms with Crippen molar-refractivity contribution in [1.82, 2.24) is 9.55 Å². The fourth-order valence-electron chi connectivity index (χ4n) is 1.17. The van der Waals surface area contributed by atoms with Crippen molar-refractivity contribution in [2.24, 2.45) is 12.5 Å². The average molecular weight is 196 g/mol. The minimum absolute atomic E-state index is 0.216. The Kier molecular flexibility index (Phi) is 2.76. The van der Waals surface area contributed by atoms with Crippen molar-refractivity contribution in [2.75, 3.05) is 0 Å². The van der Waals surface area contributed by atoms with Crippen LogP contribution in [0.3, 0.4) is 0 Å². The van der Waals surface area contributed by atoms with Crippen molar-refractivity contribution in [2.45, 2.75) is 26.9 Å². The zero-order valence-corrected chi connectivity index (χ0v) is 8.98. The molecule has 1 rings (SSSR count). The number of aliphatic hydroxyl groups is 1. The molecule has 4 heteroatoms. The molecular formula is C10H16N2O2. The summed E-state index contributed by atoms with van der Waals surface area (Å²) >= 11 is 0. The first-order valence-electron chi connectivity index (χ1n) is 4.53. The number of imidazole rings is 1. The van der Waals surface area contributed by atoms with Gasteiger partial charge in [0.15, 0.2) is 11.9 Å². The largest absolute Gasteiger partial charge is 0.377 e. The molecule has 0 aliphatic carbocycles. The van der Waals surface area contributed by atoms with Gasteiger partial charge in [0, 0.05) is 24.9 Å². The van der Waals surface area contributed by atoms with Crippen molar-refractivity contribution >= 4 is 5.78 Å². The van der Waals surface area contributed by atoms with Crippen molar-refractivity contribution < 1.29 is 9.90 Å². The average Bonchev–Trinajstić information content (AvgIpc) is 2.47. The Hall–Kier alpha value is -1.16. The smallest absolute Gasteiger partial charge is 0.174 e. The van der Waals surface area contributed by atoms with E-state index in [1.807, 2.05) is 0 Å². The number of rotatable bonds is 2. The molecular weight excluding hydrogens is 180 g/mol. The lowest BCUT2D eigenvalue weighted by Crippen LogP contribution is -2.28. The second kappa shape index (κ2) is 3.53. The molecule has 1 aromatic heterocycles. The standard InChI is InChI=1S/C10H16N2O2/c1-10(2,3)8(14)7(13)9-11-5-6-12(9)4/h5-7,13H,1-4H3. The number of hydrogen-bond donors (Lipinski definition) is 1. The number of nitrogens with zero attached hydrogens (tertiary/aromatic N) is 2. The zero-order chi connectivity index (χ0) is 10.9. The molecule has 1 atom stereocenters. The van der Waals surface area contributed by atoms with Crippen LogP contribution in [0.1, 0.15) is 32.7 Å². The van der Waals surface area contributed by atoms with Gasteiger partial charge in [-0.15, -0.1) is 0 Å². The van der Waals surface area contributed by atoms with E-state index in [1.165, 1.54) is 0 Å². The minimum Gasteiger partial charge on any atom is -0.377 e. The van der Waals surface area contributed by atoms with E-state index in [0.29, 0.717) is 5.82 Å². The van der Waals surface area contributed by atoms with E-state index in [9.17, 15) is 9.90 Å². The molecule has 1 aromatic rings. The molecule has 0 fully saturated rings. The summed E-state index contributed by atoms with van der Waals surface area (Å²) in [5, 5.41) is 9.76. The second-order valence-electron chi connectivity index (χ2n) is 4.41. The number of aromatic nitrogens is 2. The molecule has 1 unspecified atom stereocenters. The van der Waals surface area contributed by atoms with E-state index in [-0.39, 0.29) is 5.78 Å². The third-order valence-electron chi connectivity index (χ3n) is 2.09. The van der Waals surface area contributed by atoms with Crippen LogP contribution in [-0.4, -0.2) is 20.4 Å². The molecule has 0 aromatic carbocycles. The van der Waals surface area contributed by atoms with Gasteiger partial charge in [-0.2, -0.15) is 0 Å². The van der Waals surface area contributed by atoms with Gasteiger partial charge in [-0.25, -0.2) is 4.98 Å². The molecule has 4 nitrogen and oxygen atoms in total. The van der Waals surface area contributed by atoms with Crippen LogP contribution in [-0.2, 0) is 11.8 Å². The van der Waals surface area contributed by atoms with E-state index in [1.54, 1.807) is 44.8 Å². The number of carbonyl (C=O) groups is 1. The summed E-state index contributed by atoms with van der Waals surface area (Å²) in [6.07, 6.45) is 2.14. The predicted molar refractivity (Wildman–Crippen MR) is 52.6 cm³/mol. The molecule has 0 aliphatic rings. The molecule has 0 amide bonds. The Labute approximate surface area is 83.6 Å². The van der Waals surface area contributed by atoms with Crippen molar-refractivity contribution in [1.29, 1.82) is 0 Å². The lowest BCUT2D eigenvalue weighted by molar-refractivity contribution is -0.135. The van der Waals surface area contributed by atoms with Crippen molar-refractivity contribution in [3.63, 3.8) is 0 Å². The molecule has 0 radical (unpaired) electrons. The maximum atomic E-state index is 11.7. The third-order valence-corrected chi connectivity index (χ3v) is 2.09. The Morgan fingerprint density at radius 2 is 2.14 bits per heavy atom. The van der Waals surface area contributed by atoms with Crippen LogP contribution >= 0.6 is 0 Å². The summed E-state index contributed by atoms with van der Waals surface area (Å²) in [6.45, 7) is 5.34. The summed E-state index contributed by atoms with van der Waals surface area (Å²) in [7, 11) is 1.75. The van der Waals surface area contributed by atoms with E-state index in [0.717, 1.165) is 0 Å². The Morgan fingerprint density at radius 1 is 1.57 bits per heavy atom. The number of Topliss-reactive ketones (excluding diaryl/α,β-unsaturated/α-hetero) is 1. The van der Waals surface area contributed by atoms with E-state index in [4.69, 9.17) is 0 Å². The van der Waals surface area contributed by atoms with Gasteiger partial charge in [-0.05, 0) is 0 Å². The summed E-state index contributed by atoms with van der Waals surface area (Å²) in [5.74, 6) is 0.178. The van der Waals surface area contributed by atoms with E-state index < -0.39 is 11.5 Å². The predicted octanol–water partition coefficient (Wildman–Crippen LogP) is 1.07. The number of ketones is 1. The molecule has 1 N–H and O–H groups in total. The zero-order valence-electron chi connectivity index (χ0n) is 8.98. The van der Waals surface area contributed by atoms with Crippen LogP contribution in [0.4, 0.5) is 0 Å². The van der Waals surface area contributed by atoms with Gasteiger partial charge in [0.1, 0.15) is 5.82 Å². The molecule has 14 heavy (non-hydrogen) atoms. The van der Waals surface area contributed by atoms with Gasteiger partial charge in [0.25, 0.3) is 0 Å². The number of aliphatic hydroxyl groups excluding tert-OH is 1. The maximum absolute atomic E-state index is 11.7. The molecule has 0 aliphatic heterocycles. The van der Waals surface area contributed by atoms with Gasteiger partial charge in [0.2, 0.25) is 0 Å². The van der Waals surface area contributed by atoms with Crippen LogP contribution in [0.2, 0.25) is 0 Å². The van der Waals surface area contributed by atoms with Crippen LogP contribution < -0.4 is 0 Å². The second-order valence-corrected chi connectivity index (χ2v) is 4.41. The van der Waals surface area contributed by atoms with Gasteiger partial charge < -0.3 is 9.67 Å². The lowest BCUT2D eigenvalue weighted by Gasteiger charge is -2.20. The fraction of sp³-hybridized carbons (Fsp3) is 0.600. The highest BCUT2D eigenvalue weighted by molar-refractivity contribution is 5.88. The molecule has 0 spiro atoms. The summed E-state index contributed by atoms with van der Waals surface area (Å²) in [6, 6.07) is 0. The summed E-state index contributed by atoms with van der Waals surface area (Å²) in [4.78, 5) is 15.7. The topological polar surface area (TPSA) is 55.1 Å². The van der Waals surface area contributed by atoms with Gasteiger partial charge >= 0.3 is 0 Å². The molecule has 78 valence electrons. The van der Waals surface area contributed by atoms with E-state index in [2.05, 4.69) is 4.98 Å². The maximum Gasteiger partial charge on any atom is 0.174 e. The highest BCUT2D eigenvalue weighted by Crippen LogP contribution is 2.24. The van der Waals surface area contributed by atoms with Crippen LogP contribution in [0.25, 0.3) is 0 Å². The summed E-state index contributed by atoms with van der Waals surface area (Å²) in [5.41, 5.74) is -0.550. The van der Waals surface area contributed by atoms with Crippen molar-refractivity contribution in [3.8, 4) is 0 Å². The lowest BCUT2D eigenvalue weighted by atomic mass is 9.87. The number of hydrogen-bond acceptors (Lipinski definition) is 3. The Morgan fingerprint density at radius 3 is 2.50 bits per heavy atom. The Bertz CT molecular complexity index is 336. The fourth-order valence-corrected chi connectivity index (χ4v) is 1.17. The molecule has 0 saturated carbocycles. The highest BCUT2D eigenvalue weighted by Gasteiger charge is 2.31. The monoisotopic (exact) mass is 196 g/mol. The van der Waals surface area contributed by atoms with E-state index >= 15 is 0 Å². The summed E-state index contributed by atoms with van der Waals surface area (Å²) < 4.78 is 1.65. The highest BCUT2D eigenvalue weighted by atomic mass is 16.3. The third kappa shape index (κ3) is 2.01. The van der Waals surface area contributed by atoms with Gasteiger partial charge in [-0.3, -0.25) is 4.79 Å². The first kappa shape index (κ1) is 10.9. The van der Waals surface area contributed by atoms with Crippen molar-refractivity contribution in [3.05, 3.63) is 18.2 Å². The Balaban J connectivity index is 2.92. The first-order chi connectivity index (χ1) is 6.34. The number of aryl methyl sites for hydroxylation is 1. The molecule has 0 saturated heterocycles. The normalized spacial score (nSPS) is 14.1. The minimum atomic E-state index is -1.13. The van der Waals surface area contributed by atoms with Crippen LogP contribution in [0.15, 0.2) is 12.4 Å². The van der Waals surface area contributed by atoms with Gasteiger partial charge in [-0.1, -0.05) is 20.8 Å². The first-order valence-corrected chi connectivity index (χ1v) is 4.53.